The Morgan fingerprint density at radius 1 is 1.00 bits per heavy atom. The molecule has 0 radical (unpaired) electrons. The first-order chi connectivity index (χ1) is 13.5. The normalized spacial score (nSPS) is 12.6. The number of rotatable bonds is 8. The highest BCUT2D eigenvalue weighted by molar-refractivity contribution is 8.33. The van der Waals surface area contributed by atoms with Crippen LogP contribution in [0.1, 0.15) is 12.5 Å². The van der Waals surface area contributed by atoms with Crippen LogP contribution >= 0.6 is 24.0 Å². The molecule has 2 aromatic rings. The smallest absolute Gasteiger partial charge is 0.373 e. The van der Waals surface area contributed by atoms with Gasteiger partial charge >= 0.3 is 11.3 Å². The van der Waals surface area contributed by atoms with Gasteiger partial charge in [-0.3, -0.25) is 9.00 Å². The van der Waals surface area contributed by atoms with E-state index in [9.17, 15) is 13.8 Å². The number of carbonyl (C=O) groups is 2. The molecule has 0 saturated heterocycles. The van der Waals surface area contributed by atoms with Crippen molar-refractivity contribution in [1.29, 1.82) is 0 Å². The Labute approximate surface area is 176 Å². The first kappa shape index (κ1) is 22.3. The average molecular weight is 437 g/mol. The van der Waals surface area contributed by atoms with Crippen LogP contribution in [0.15, 0.2) is 65.6 Å². The average Bonchev–Trinajstić information content (AvgIpc) is 2.72. The van der Waals surface area contributed by atoms with E-state index < -0.39 is 28.0 Å². The molecular formula is C20H20O5S3. The van der Waals surface area contributed by atoms with Crippen molar-refractivity contribution in [3.8, 4) is 0 Å². The second-order valence-corrected chi connectivity index (χ2v) is 8.86. The van der Waals surface area contributed by atoms with Gasteiger partial charge in [-0.1, -0.05) is 67.7 Å². The minimum absolute atomic E-state index is 0.0639. The Morgan fingerprint density at radius 2 is 1.57 bits per heavy atom. The van der Waals surface area contributed by atoms with Crippen LogP contribution in [-0.4, -0.2) is 38.6 Å². The van der Waals surface area contributed by atoms with Crippen molar-refractivity contribution in [3.05, 3.63) is 66.2 Å². The molecule has 0 saturated carbocycles. The van der Waals surface area contributed by atoms with E-state index in [0.29, 0.717) is 9.09 Å². The molecule has 0 amide bonds. The molecule has 2 unspecified atom stereocenters. The molecule has 0 aliphatic rings. The van der Waals surface area contributed by atoms with Crippen molar-refractivity contribution in [1.82, 2.24) is 0 Å². The molecule has 0 aromatic heterocycles. The number of ether oxygens (including phenoxy) is 2. The summed E-state index contributed by atoms with van der Waals surface area (Å²) in [4.78, 5) is 24.4. The molecule has 0 aliphatic carbocycles. The summed E-state index contributed by atoms with van der Waals surface area (Å²) >= 11 is 5.99. The number of hydrogen-bond acceptors (Lipinski definition) is 7. The molecule has 0 N–H and O–H groups in total. The summed E-state index contributed by atoms with van der Waals surface area (Å²) in [6, 6.07) is 18.1. The van der Waals surface area contributed by atoms with Crippen molar-refractivity contribution in [2.75, 3.05) is 19.0 Å². The van der Waals surface area contributed by atoms with Crippen LogP contribution in [0.5, 0.6) is 0 Å². The number of carbonyl (C=O) groups excluding carboxylic acids is 2. The molecule has 148 valence electrons. The van der Waals surface area contributed by atoms with Gasteiger partial charge in [-0.2, -0.15) is 0 Å². The van der Waals surface area contributed by atoms with Gasteiger partial charge in [0.25, 0.3) is 0 Å². The van der Waals surface area contributed by atoms with Crippen molar-refractivity contribution < 1.29 is 23.3 Å². The molecule has 28 heavy (non-hydrogen) atoms. The van der Waals surface area contributed by atoms with E-state index in [0.717, 1.165) is 17.3 Å². The Bertz CT molecular complexity index is 824. The molecule has 0 bridgehead atoms. The molecule has 0 fully saturated rings. The lowest BCUT2D eigenvalue weighted by molar-refractivity contribution is -0.148. The molecule has 2 atom stereocenters. The van der Waals surface area contributed by atoms with E-state index in [1.165, 1.54) is 0 Å². The van der Waals surface area contributed by atoms with Gasteiger partial charge in [0.1, 0.15) is 13.2 Å². The highest BCUT2D eigenvalue weighted by Gasteiger charge is 2.19. The van der Waals surface area contributed by atoms with Crippen LogP contribution in [0.25, 0.3) is 0 Å². The Morgan fingerprint density at radius 3 is 2.21 bits per heavy atom. The van der Waals surface area contributed by atoms with Crippen LogP contribution < -0.4 is 0 Å². The van der Waals surface area contributed by atoms with Gasteiger partial charge in [0, 0.05) is 22.4 Å². The van der Waals surface area contributed by atoms with Crippen molar-refractivity contribution in [2.24, 2.45) is 5.92 Å². The van der Waals surface area contributed by atoms with Crippen LogP contribution in [0.2, 0.25) is 0 Å². The number of benzene rings is 2. The molecule has 2 rings (SSSR count). The zero-order valence-electron chi connectivity index (χ0n) is 15.2. The van der Waals surface area contributed by atoms with Crippen LogP contribution in [0.3, 0.4) is 0 Å². The quantitative estimate of drug-likeness (QED) is 0.349. The van der Waals surface area contributed by atoms with E-state index >= 15 is 0 Å². The van der Waals surface area contributed by atoms with E-state index in [2.05, 4.69) is 0 Å². The summed E-state index contributed by atoms with van der Waals surface area (Å²) in [6.45, 7) is 1.53. The highest BCUT2D eigenvalue weighted by Crippen LogP contribution is 2.16. The maximum absolute atomic E-state index is 12.2. The van der Waals surface area contributed by atoms with Crippen LogP contribution in [0.4, 0.5) is 4.79 Å². The number of thiocarbonyl (C=S) groups is 1. The number of esters is 1. The second-order valence-electron chi connectivity index (χ2n) is 5.75. The fourth-order valence-corrected chi connectivity index (χ4v) is 4.24. The molecule has 0 heterocycles. The third kappa shape index (κ3) is 7.53. The summed E-state index contributed by atoms with van der Waals surface area (Å²) in [5.41, 5.74) is 0.770. The fourth-order valence-electron chi connectivity index (χ4n) is 2.11. The minimum atomic E-state index is -1.28. The molecular weight excluding hydrogens is 416 g/mol. The standard InChI is InChI=1S/C20H20O5S3/c1-15(14-28(23)17-10-6-3-7-11-17)18(21)24-12-13-25-20(22)27-19(26)16-8-4-2-5-9-16/h2-11,15H,12-14H2,1H3. The van der Waals surface area contributed by atoms with E-state index in [1.807, 2.05) is 36.4 Å². The minimum Gasteiger partial charge on any atom is -0.462 e. The fraction of sp³-hybridized carbons (Fsp3) is 0.250. The summed E-state index contributed by atoms with van der Waals surface area (Å²) in [5.74, 6) is -0.839. The lowest BCUT2D eigenvalue weighted by Crippen LogP contribution is -2.22. The molecule has 0 spiro atoms. The Kier molecular flexibility index (Phi) is 9.33. The maximum atomic E-state index is 12.2. The number of hydrogen-bond donors (Lipinski definition) is 0. The van der Waals surface area contributed by atoms with Crippen molar-refractivity contribution in [3.63, 3.8) is 0 Å². The predicted octanol–water partition coefficient (Wildman–Crippen LogP) is 4.22. The first-order valence-electron chi connectivity index (χ1n) is 8.51. The SMILES string of the molecule is CC(CS(=O)c1ccccc1)C(=O)OCCOC(=O)SC(=S)c1ccccc1. The largest absolute Gasteiger partial charge is 0.462 e. The molecule has 2 aromatic carbocycles. The second kappa shape index (κ2) is 11.7. The third-order valence-electron chi connectivity index (χ3n) is 3.54. The predicted molar refractivity (Wildman–Crippen MR) is 115 cm³/mol. The summed E-state index contributed by atoms with van der Waals surface area (Å²) < 4.78 is 22.7. The summed E-state index contributed by atoms with van der Waals surface area (Å²) in [7, 11) is -1.28. The van der Waals surface area contributed by atoms with Crippen LogP contribution in [-0.2, 0) is 25.1 Å². The van der Waals surface area contributed by atoms with E-state index in [1.54, 1.807) is 31.2 Å². The molecule has 5 nitrogen and oxygen atoms in total. The van der Waals surface area contributed by atoms with Gasteiger partial charge < -0.3 is 9.47 Å². The lowest BCUT2D eigenvalue weighted by Gasteiger charge is -2.11. The van der Waals surface area contributed by atoms with Gasteiger partial charge in [-0.05, 0) is 17.7 Å². The lowest BCUT2D eigenvalue weighted by atomic mass is 10.2. The van der Waals surface area contributed by atoms with Crippen LogP contribution in [0, 0.1) is 5.92 Å². The van der Waals surface area contributed by atoms with E-state index in [-0.39, 0.29) is 19.0 Å². The zero-order valence-corrected chi connectivity index (χ0v) is 17.7. The van der Waals surface area contributed by atoms with E-state index in [4.69, 9.17) is 21.7 Å². The molecule has 8 heteroatoms. The van der Waals surface area contributed by atoms with Gasteiger partial charge in [0.15, 0.2) is 0 Å². The van der Waals surface area contributed by atoms with Gasteiger partial charge in [-0.15, -0.1) is 0 Å². The van der Waals surface area contributed by atoms with Gasteiger partial charge in [0.2, 0.25) is 0 Å². The maximum Gasteiger partial charge on any atom is 0.373 e. The summed E-state index contributed by atoms with van der Waals surface area (Å²) in [5, 5.41) is -0.553. The van der Waals surface area contributed by atoms with Gasteiger partial charge in [0.05, 0.1) is 20.9 Å². The van der Waals surface area contributed by atoms with Gasteiger partial charge in [-0.25, -0.2) is 4.79 Å². The topological polar surface area (TPSA) is 69.7 Å². The zero-order chi connectivity index (χ0) is 20.4. The first-order valence-corrected chi connectivity index (χ1v) is 11.1. The van der Waals surface area contributed by atoms with Crippen molar-refractivity contribution in [2.45, 2.75) is 11.8 Å². The Balaban J connectivity index is 1.65. The highest BCUT2D eigenvalue weighted by atomic mass is 32.2. The molecule has 0 aliphatic heterocycles. The third-order valence-corrected chi connectivity index (χ3v) is 6.33. The van der Waals surface area contributed by atoms with Crippen molar-refractivity contribution >= 4 is 50.2 Å². The monoisotopic (exact) mass is 436 g/mol. The summed E-state index contributed by atoms with van der Waals surface area (Å²) in [6.07, 6.45) is 0. The Hall–Kier alpha value is -2.03. The number of thioether (sulfide) groups is 1.